The third-order valence-corrected chi connectivity index (χ3v) is 4.58. The third kappa shape index (κ3) is 4.63. The normalized spacial score (nSPS) is 16.6. The monoisotopic (exact) mass is 330 g/mol. The van der Waals surface area contributed by atoms with Crippen LogP contribution in [0.25, 0.3) is 11.4 Å². The van der Waals surface area contributed by atoms with E-state index in [4.69, 9.17) is 9.63 Å². The number of piperidine rings is 1. The Bertz CT molecular complexity index is 635. The van der Waals surface area contributed by atoms with E-state index in [1.54, 1.807) is 0 Å². The molecule has 1 aromatic carbocycles. The summed E-state index contributed by atoms with van der Waals surface area (Å²) in [6, 6.07) is 8.11. The van der Waals surface area contributed by atoms with Gasteiger partial charge in [-0.2, -0.15) is 4.98 Å². The Hall–Kier alpha value is -1.76. The van der Waals surface area contributed by atoms with Gasteiger partial charge in [0, 0.05) is 12.1 Å². The van der Waals surface area contributed by atoms with Crippen LogP contribution in [0.1, 0.15) is 24.3 Å². The lowest BCUT2D eigenvalue weighted by Crippen LogP contribution is -2.38. The lowest BCUT2D eigenvalue weighted by molar-refractivity contribution is 0.146. The van der Waals surface area contributed by atoms with E-state index in [0.717, 1.165) is 31.7 Å². The van der Waals surface area contributed by atoms with Crippen molar-refractivity contribution in [2.45, 2.75) is 26.3 Å². The van der Waals surface area contributed by atoms with Crippen molar-refractivity contribution in [3.8, 4) is 11.4 Å². The molecule has 1 aliphatic heterocycles. The molecular formula is C18H26N4O2. The molecule has 0 spiro atoms. The van der Waals surface area contributed by atoms with Gasteiger partial charge in [-0.3, -0.25) is 0 Å². The maximum absolute atomic E-state index is 8.97. The minimum Gasteiger partial charge on any atom is -0.395 e. The number of benzene rings is 1. The highest BCUT2D eigenvalue weighted by molar-refractivity contribution is 5.55. The smallest absolute Gasteiger partial charge is 0.240 e. The molecular weight excluding hydrogens is 304 g/mol. The summed E-state index contributed by atoms with van der Waals surface area (Å²) in [5.74, 6) is 1.95. The molecule has 2 heterocycles. The molecule has 1 saturated heterocycles. The molecule has 3 rings (SSSR count). The number of nitrogens with one attached hydrogen (secondary N) is 1. The summed E-state index contributed by atoms with van der Waals surface area (Å²) in [4.78, 5) is 6.79. The van der Waals surface area contributed by atoms with E-state index in [1.807, 2.05) is 12.1 Å². The van der Waals surface area contributed by atoms with E-state index in [1.165, 1.54) is 18.4 Å². The van der Waals surface area contributed by atoms with E-state index < -0.39 is 0 Å². The Morgan fingerprint density at radius 3 is 2.92 bits per heavy atom. The second kappa shape index (κ2) is 8.37. The number of aliphatic hydroxyl groups excluding tert-OH is 1. The summed E-state index contributed by atoms with van der Waals surface area (Å²) in [5.41, 5.74) is 2.17. The van der Waals surface area contributed by atoms with Crippen LogP contribution in [0.4, 0.5) is 0 Å². The average molecular weight is 330 g/mol. The molecule has 0 aliphatic carbocycles. The van der Waals surface area contributed by atoms with Gasteiger partial charge >= 0.3 is 0 Å². The molecule has 0 atom stereocenters. The van der Waals surface area contributed by atoms with Crippen molar-refractivity contribution < 1.29 is 9.63 Å². The van der Waals surface area contributed by atoms with Gasteiger partial charge in [0.15, 0.2) is 0 Å². The van der Waals surface area contributed by atoms with Crippen LogP contribution >= 0.6 is 0 Å². The Morgan fingerprint density at radius 1 is 1.33 bits per heavy atom. The minimum atomic E-state index is 0.253. The number of aryl methyl sites for hydroxylation is 1. The number of aliphatic hydroxyl groups is 1. The maximum Gasteiger partial charge on any atom is 0.240 e. The maximum atomic E-state index is 8.97. The Kier molecular flexibility index (Phi) is 5.96. The highest BCUT2D eigenvalue weighted by atomic mass is 16.5. The van der Waals surface area contributed by atoms with Crippen LogP contribution in [0, 0.1) is 12.8 Å². The molecule has 1 fully saturated rings. The summed E-state index contributed by atoms with van der Waals surface area (Å²) >= 11 is 0. The molecule has 0 amide bonds. The molecule has 0 unspecified atom stereocenters. The fourth-order valence-electron chi connectivity index (χ4n) is 3.17. The first-order chi connectivity index (χ1) is 11.7. The predicted octanol–water partition coefficient (Wildman–Crippen LogP) is 1.84. The van der Waals surface area contributed by atoms with Crippen molar-refractivity contribution in [2.75, 3.05) is 32.8 Å². The van der Waals surface area contributed by atoms with Crippen LogP contribution in [-0.2, 0) is 6.54 Å². The number of aromatic nitrogens is 2. The standard InChI is InChI=1S/C18H26N4O2/c1-14-3-2-4-16(11-14)18-20-17(24-21-18)13-19-12-15-5-7-22(8-6-15)9-10-23/h2-4,11,15,19,23H,5-10,12-13H2,1H3. The highest BCUT2D eigenvalue weighted by Crippen LogP contribution is 2.18. The number of hydrogen-bond acceptors (Lipinski definition) is 6. The van der Waals surface area contributed by atoms with Crippen molar-refractivity contribution in [1.29, 1.82) is 0 Å². The molecule has 6 heteroatoms. The van der Waals surface area contributed by atoms with Crippen LogP contribution in [0.15, 0.2) is 28.8 Å². The van der Waals surface area contributed by atoms with Gasteiger partial charge in [0.2, 0.25) is 11.7 Å². The largest absolute Gasteiger partial charge is 0.395 e. The molecule has 2 N–H and O–H groups in total. The molecule has 0 radical (unpaired) electrons. The predicted molar refractivity (Wildman–Crippen MR) is 92.4 cm³/mol. The van der Waals surface area contributed by atoms with E-state index in [-0.39, 0.29) is 6.61 Å². The van der Waals surface area contributed by atoms with Crippen molar-refractivity contribution in [1.82, 2.24) is 20.4 Å². The highest BCUT2D eigenvalue weighted by Gasteiger charge is 2.18. The van der Waals surface area contributed by atoms with Gasteiger partial charge in [-0.25, -0.2) is 0 Å². The Labute approximate surface area is 142 Å². The summed E-state index contributed by atoms with van der Waals surface area (Å²) in [5, 5.41) is 16.5. The summed E-state index contributed by atoms with van der Waals surface area (Å²) in [6.07, 6.45) is 2.34. The fourth-order valence-corrected chi connectivity index (χ4v) is 3.17. The molecule has 6 nitrogen and oxygen atoms in total. The van der Waals surface area contributed by atoms with Gasteiger partial charge in [-0.15, -0.1) is 0 Å². The van der Waals surface area contributed by atoms with Crippen molar-refractivity contribution in [3.05, 3.63) is 35.7 Å². The van der Waals surface area contributed by atoms with Gasteiger partial charge in [-0.1, -0.05) is 28.9 Å². The van der Waals surface area contributed by atoms with Gasteiger partial charge in [-0.05, 0) is 51.4 Å². The van der Waals surface area contributed by atoms with E-state index in [0.29, 0.717) is 24.2 Å². The fraction of sp³-hybridized carbons (Fsp3) is 0.556. The molecule has 2 aromatic rings. The first kappa shape index (κ1) is 17.1. The molecule has 130 valence electrons. The number of β-amino-alcohol motifs (C(OH)–C–C–N with tert-alkyl or cyclic N) is 1. The first-order valence-corrected chi connectivity index (χ1v) is 8.68. The zero-order valence-corrected chi connectivity index (χ0v) is 14.2. The summed E-state index contributed by atoms with van der Waals surface area (Å²) in [6.45, 7) is 6.83. The van der Waals surface area contributed by atoms with Crippen LogP contribution in [0.3, 0.4) is 0 Å². The van der Waals surface area contributed by atoms with Gasteiger partial charge < -0.3 is 19.8 Å². The minimum absolute atomic E-state index is 0.253. The van der Waals surface area contributed by atoms with Crippen LogP contribution in [-0.4, -0.2) is 52.9 Å². The van der Waals surface area contributed by atoms with Crippen molar-refractivity contribution >= 4 is 0 Å². The third-order valence-electron chi connectivity index (χ3n) is 4.58. The number of likely N-dealkylation sites (tertiary alicyclic amines) is 1. The lowest BCUT2D eigenvalue weighted by Gasteiger charge is -2.31. The quantitative estimate of drug-likeness (QED) is 0.807. The molecule has 1 aliphatic rings. The SMILES string of the molecule is Cc1cccc(-c2noc(CNCC3CCN(CCO)CC3)n2)c1. The topological polar surface area (TPSA) is 74.4 Å². The van der Waals surface area contributed by atoms with Gasteiger partial charge in [0.05, 0.1) is 13.2 Å². The Balaban J connectivity index is 1.43. The lowest BCUT2D eigenvalue weighted by atomic mass is 9.97. The zero-order chi connectivity index (χ0) is 16.8. The molecule has 0 bridgehead atoms. The summed E-state index contributed by atoms with van der Waals surface area (Å²) < 4.78 is 5.34. The van der Waals surface area contributed by atoms with Crippen LogP contribution in [0.2, 0.25) is 0 Å². The van der Waals surface area contributed by atoms with Crippen molar-refractivity contribution in [3.63, 3.8) is 0 Å². The zero-order valence-electron chi connectivity index (χ0n) is 14.2. The second-order valence-corrected chi connectivity index (χ2v) is 6.52. The average Bonchev–Trinajstić information content (AvgIpc) is 3.06. The van der Waals surface area contributed by atoms with Gasteiger partial charge in [0.25, 0.3) is 0 Å². The molecule has 24 heavy (non-hydrogen) atoms. The van der Waals surface area contributed by atoms with Crippen LogP contribution < -0.4 is 5.32 Å². The Morgan fingerprint density at radius 2 is 2.17 bits per heavy atom. The van der Waals surface area contributed by atoms with E-state index >= 15 is 0 Å². The number of hydrogen-bond donors (Lipinski definition) is 2. The number of rotatable bonds is 7. The van der Waals surface area contributed by atoms with Gasteiger partial charge in [0.1, 0.15) is 0 Å². The second-order valence-electron chi connectivity index (χ2n) is 6.52. The van der Waals surface area contributed by atoms with E-state index in [9.17, 15) is 0 Å². The van der Waals surface area contributed by atoms with E-state index in [2.05, 4.69) is 39.4 Å². The molecule has 0 saturated carbocycles. The van der Waals surface area contributed by atoms with Crippen molar-refractivity contribution in [2.24, 2.45) is 5.92 Å². The summed E-state index contributed by atoms with van der Waals surface area (Å²) in [7, 11) is 0. The molecule has 1 aromatic heterocycles. The first-order valence-electron chi connectivity index (χ1n) is 8.68. The van der Waals surface area contributed by atoms with Crippen LogP contribution in [0.5, 0.6) is 0 Å². The number of nitrogens with zero attached hydrogens (tertiary/aromatic N) is 3.